The highest BCUT2D eigenvalue weighted by Crippen LogP contribution is 2.44. The predicted molar refractivity (Wildman–Crippen MR) is 35.2 cm³/mol. The largest absolute Gasteiger partial charge is 0.384 e. The first kappa shape index (κ1) is 5.38. The van der Waals surface area contributed by atoms with Gasteiger partial charge in [0.2, 0.25) is 0 Å². The standard InChI is InChI=1S/C6H7NOS/c8-6(1-2-6)5-3-9-4-7-5/h3-4,8H,1-2H2. The molecule has 1 N–H and O–H groups in total. The Hall–Kier alpha value is -0.410. The van der Waals surface area contributed by atoms with Gasteiger partial charge in [-0.1, -0.05) is 0 Å². The third-order valence-electron chi connectivity index (χ3n) is 1.63. The van der Waals surface area contributed by atoms with Crippen molar-refractivity contribution in [2.24, 2.45) is 0 Å². The molecule has 1 saturated carbocycles. The van der Waals surface area contributed by atoms with E-state index in [0.717, 1.165) is 18.5 Å². The molecule has 0 saturated heterocycles. The van der Waals surface area contributed by atoms with Gasteiger partial charge in [0.15, 0.2) is 0 Å². The highest BCUT2D eigenvalue weighted by atomic mass is 32.1. The second-order valence-corrected chi connectivity index (χ2v) is 3.12. The number of hydrogen-bond acceptors (Lipinski definition) is 3. The van der Waals surface area contributed by atoms with Crippen LogP contribution in [-0.2, 0) is 5.60 Å². The number of aliphatic hydroxyl groups is 1. The molecule has 0 amide bonds. The fourth-order valence-corrected chi connectivity index (χ4v) is 1.46. The zero-order valence-corrected chi connectivity index (χ0v) is 5.69. The van der Waals surface area contributed by atoms with Crippen LogP contribution in [0.1, 0.15) is 18.5 Å². The summed E-state index contributed by atoms with van der Waals surface area (Å²) < 4.78 is 0. The van der Waals surface area contributed by atoms with E-state index in [1.165, 1.54) is 11.3 Å². The maximum absolute atomic E-state index is 9.43. The van der Waals surface area contributed by atoms with Gasteiger partial charge in [0.25, 0.3) is 0 Å². The minimum atomic E-state index is -0.528. The van der Waals surface area contributed by atoms with Crippen LogP contribution in [0, 0.1) is 0 Å². The summed E-state index contributed by atoms with van der Waals surface area (Å²) in [6, 6.07) is 0. The van der Waals surface area contributed by atoms with Gasteiger partial charge < -0.3 is 5.11 Å². The van der Waals surface area contributed by atoms with Crippen LogP contribution in [0.3, 0.4) is 0 Å². The number of hydrogen-bond donors (Lipinski definition) is 1. The Labute approximate surface area is 57.2 Å². The molecule has 0 unspecified atom stereocenters. The fourth-order valence-electron chi connectivity index (χ4n) is 0.817. The highest BCUT2D eigenvalue weighted by molar-refractivity contribution is 7.07. The number of thiazole rings is 1. The fraction of sp³-hybridized carbons (Fsp3) is 0.500. The lowest BCUT2D eigenvalue weighted by Crippen LogP contribution is -2.03. The Bertz CT molecular complexity index is 203. The summed E-state index contributed by atoms with van der Waals surface area (Å²) in [5, 5.41) is 11.3. The van der Waals surface area contributed by atoms with Crippen molar-refractivity contribution in [3.05, 3.63) is 16.6 Å². The molecular weight excluding hydrogens is 134 g/mol. The zero-order valence-electron chi connectivity index (χ0n) is 4.87. The van der Waals surface area contributed by atoms with Gasteiger partial charge in [-0.25, -0.2) is 4.98 Å². The van der Waals surface area contributed by atoms with E-state index in [4.69, 9.17) is 0 Å². The lowest BCUT2D eigenvalue weighted by atomic mass is 10.3. The molecule has 0 bridgehead atoms. The molecule has 0 aromatic carbocycles. The van der Waals surface area contributed by atoms with Crippen molar-refractivity contribution < 1.29 is 5.11 Å². The SMILES string of the molecule is OC1(c2cscn2)CC1. The summed E-state index contributed by atoms with van der Waals surface area (Å²) in [6.07, 6.45) is 1.77. The monoisotopic (exact) mass is 141 g/mol. The van der Waals surface area contributed by atoms with Gasteiger partial charge in [-0.2, -0.15) is 0 Å². The van der Waals surface area contributed by atoms with Gasteiger partial charge in [-0.15, -0.1) is 11.3 Å². The smallest absolute Gasteiger partial charge is 0.108 e. The first-order valence-electron chi connectivity index (χ1n) is 2.92. The molecule has 1 heterocycles. The average Bonchev–Trinajstić information content (AvgIpc) is 2.46. The third kappa shape index (κ3) is 0.767. The second kappa shape index (κ2) is 1.55. The first-order valence-corrected chi connectivity index (χ1v) is 3.87. The van der Waals surface area contributed by atoms with E-state index in [1.807, 2.05) is 5.38 Å². The number of nitrogens with zero attached hydrogens (tertiary/aromatic N) is 1. The van der Waals surface area contributed by atoms with E-state index < -0.39 is 5.60 Å². The second-order valence-electron chi connectivity index (χ2n) is 2.41. The molecular formula is C6H7NOS. The summed E-state index contributed by atoms with van der Waals surface area (Å²) in [7, 11) is 0. The first-order chi connectivity index (χ1) is 4.31. The summed E-state index contributed by atoms with van der Waals surface area (Å²) in [5.74, 6) is 0. The Balaban J connectivity index is 2.34. The third-order valence-corrected chi connectivity index (χ3v) is 2.22. The minimum absolute atomic E-state index is 0.528. The van der Waals surface area contributed by atoms with Crippen LogP contribution in [0.15, 0.2) is 10.9 Å². The van der Waals surface area contributed by atoms with Gasteiger partial charge in [-0.3, -0.25) is 0 Å². The van der Waals surface area contributed by atoms with Crippen molar-refractivity contribution in [3.63, 3.8) is 0 Å². The lowest BCUT2D eigenvalue weighted by molar-refractivity contribution is 0.147. The minimum Gasteiger partial charge on any atom is -0.384 e. The molecule has 9 heavy (non-hydrogen) atoms. The lowest BCUT2D eigenvalue weighted by Gasteiger charge is -1.99. The quantitative estimate of drug-likeness (QED) is 0.635. The topological polar surface area (TPSA) is 33.1 Å². The van der Waals surface area contributed by atoms with Gasteiger partial charge >= 0.3 is 0 Å². The molecule has 1 fully saturated rings. The van der Waals surface area contributed by atoms with Crippen molar-refractivity contribution in [3.8, 4) is 0 Å². The molecule has 0 radical (unpaired) electrons. The van der Waals surface area contributed by atoms with E-state index in [0.29, 0.717) is 0 Å². The van der Waals surface area contributed by atoms with Crippen LogP contribution < -0.4 is 0 Å². The molecule has 0 spiro atoms. The van der Waals surface area contributed by atoms with Gasteiger partial charge in [-0.05, 0) is 12.8 Å². The maximum atomic E-state index is 9.43. The molecule has 0 aliphatic heterocycles. The van der Waals surface area contributed by atoms with Crippen molar-refractivity contribution in [2.75, 3.05) is 0 Å². The molecule has 1 aromatic heterocycles. The summed E-state index contributed by atoms with van der Waals surface area (Å²) in [4.78, 5) is 4.02. The van der Waals surface area contributed by atoms with Crippen LogP contribution in [0.5, 0.6) is 0 Å². The number of rotatable bonds is 1. The van der Waals surface area contributed by atoms with Crippen molar-refractivity contribution in [1.29, 1.82) is 0 Å². The maximum Gasteiger partial charge on any atom is 0.108 e. The van der Waals surface area contributed by atoms with Gasteiger partial charge in [0.05, 0.1) is 11.2 Å². The summed E-state index contributed by atoms with van der Waals surface area (Å²) in [6.45, 7) is 0. The van der Waals surface area contributed by atoms with Crippen LogP contribution in [0.2, 0.25) is 0 Å². The molecule has 48 valence electrons. The van der Waals surface area contributed by atoms with E-state index in [9.17, 15) is 5.11 Å². The van der Waals surface area contributed by atoms with Crippen molar-refractivity contribution in [1.82, 2.24) is 4.98 Å². The molecule has 1 aromatic rings. The van der Waals surface area contributed by atoms with Crippen LogP contribution in [0.4, 0.5) is 0 Å². The number of aromatic nitrogens is 1. The van der Waals surface area contributed by atoms with E-state index in [1.54, 1.807) is 5.51 Å². The average molecular weight is 141 g/mol. The summed E-state index contributed by atoms with van der Waals surface area (Å²) >= 11 is 1.54. The van der Waals surface area contributed by atoms with E-state index in [2.05, 4.69) is 4.98 Å². The van der Waals surface area contributed by atoms with E-state index in [-0.39, 0.29) is 0 Å². The molecule has 3 heteroatoms. The van der Waals surface area contributed by atoms with Gasteiger partial charge in [0, 0.05) is 5.38 Å². The predicted octanol–water partition coefficient (Wildman–Crippen LogP) is 1.12. The molecule has 2 rings (SSSR count). The van der Waals surface area contributed by atoms with Crippen molar-refractivity contribution in [2.45, 2.75) is 18.4 Å². The van der Waals surface area contributed by atoms with E-state index >= 15 is 0 Å². The molecule has 1 aliphatic carbocycles. The highest BCUT2D eigenvalue weighted by Gasteiger charge is 2.43. The molecule has 1 aliphatic rings. The Kier molecular flexibility index (Phi) is 0.926. The normalized spacial score (nSPS) is 21.9. The van der Waals surface area contributed by atoms with Crippen LogP contribution >= 0.6 is 11.3 Å². The van der Waals surface area contributed by atoms with Crippen LogP contribution in [0.25, 0.3) is 0 Å². The molecule has 0 atom stereocenters. The van der Waals surface area contributed by atoms with Crippen molar-refractivity contribution >= 4 is 11.3 Å². The van der Waals surface area contributed by atoms with Crippen LogP contribution in [-0.4, -0.2) is 10.1 Å². The Morgan fingerprint density at radius 2 is 2.44 bits per heavy atom. The zero-order chi connectivity index (χ0) is 6.32. The van der Waals surface area contributed by atoms with Gasteiger partial charge in [0.1, 0.15) is 5.60 Å². The Morgan fingerprint density at radius 1 is 1.67 bits per heavy atom. The Morgan fingerprint density at radius 3 is 2.89 bits per heavy atom. The summed E-state index contributed by atoms with van der Waals surface area (Å²) in [5.41, 5.74) is 2.08. The molecule has 2 nitrogen and oxygen atoms in total.